The number of rotatable bonds is 10. The van der Waals surface area contributed by atoms with Crippen LogP contribution in [-0.4, -0.2) is 46.8 Å². The number of hydrogen-bond donors (Lipinski definition) is 4. The largest absolute Gasteiger partial charge is 0.392 e. The number of ketones is 1. The van der Waals surface area contributed by atoms with Crippen molar-refractivity contribution in [3.8, 4) is 0 Å². The molecule has 1 aliphatic carbocycles. The van der Waals surface area contributed by atoms with Crippen LogP contribution in [0.25, 0.3) is 0 Å². The van der Waals surface area contributed by atoms with Crippen LogP contribution in [-0.2, 0) is 4.79 Å². The molecule has 5 N–H and O–H groups in total. The molecule has 0 heterocycles. The summed E-state index contributed by atoms with van der Waals surface area (Å²) in [4.78, 5) is 11.6. The van der Waals surface area contributed by atoms with Crippen molar-refractivity contribution < 1.29 is 15.0 Å². The van der Waals surface area contributed by atoms with Crippen LogP contribution in [0.2, 0.25) is 0 Å². The van der Waals surface area contributed by atoms with E-state index in [4.69, 9.17) is 5.73 Å². The fraction of sp³-hybridized carbons (Fsp3) is 0.929. The average Bonchev–Trinajstić information content (AvgIpc) is 3.15. The lowest BCUT2D eigenvalue weighted by molar-refractivity contribution is -0.121. The average molecular weight is 272 g/mol. The van der Waals surface area contributed by atoms with Gasteiger partial charge in [0.2, 0.25) is 0 Å². The first kappa shape index (κ1) is 16.6. The molecule has 0 aliphatic heterocycles. The summed E-state index contributed by atoms with van der Waals surface area (Å²) in [7, 11) is 0. The highest BCUT2D eigenvalue weighted by Crippen LogP contribution is 2.20. The molecule has 0 saturated heterocycles. The molecule has 1 aliphatic rings. The summed E-state index contributed by atoms with van der Waals surface area (Å²) in [6.45, 7) is 4.02. The minimum atomic E-state index is -0.752. The smallest absolute Gasteiger partial charge is 0.132 e. The van der Waals surface area contributed by atoms with E-state index >= 15 is 0 Å². The summed E-state index contributed by atoms with van der Waals surface area (Å²) in [6, 6.07) is 0.0130. The summed E-state index contributed by atoms with van der Waals surface area (Å²) in [5.41, 5.74) is 5.67. The first-order chi connectivity index (χ1) is 8.91. The predicted octanol–water partition coefficient (Wildman–Crippen LogP) is 0.183. The standard InChI is InChI=1S/C14H28N2O3/c1-9(17)11(7-8-16-12-4-5-12)3-6-13(19)14(15)10(2)18/h10-14,16,18-19H,3-8,15H2,1-2H3. The lowest BCUT2D eigenvalue weighted by atomic mass is 9.91. The van der Waals surface area contributed by atoms with Crippen molar-refractivity contribution >= 4 is 5.78 Å². The Balaban J connectivity index is 2.25. The van der Waals surface area contributed by atoms with E-state index in [1.165, 1.54) is 12.8 Å². The van der Waals surface area contributed by atoms with Crippen LogP contribution in [0.3, 0.4) is 0 Å². The van der Waals surface area contributed by atoms with Crippen LogP contribution in [0.4, 0.5) is 0 Å². The van der Waals surface area contributed by atoms with Gasteiger partial charge in [-0.25, -0.2) is 0 Å². The van der Waals surface area contributed by atoms with E-state index in [1.54, 1.807) is 13.8 Å². The number of carbonyl (C=O) groups excluding carboxylic acids is 1. The summed E-state index contributed by atoms with van der Waals surface area (Å²) in [6.07, 6.45) is 2.89. The zero-order valence-electron chi connectivity index (χ0n) is 12.0. The zero-order chi connectivity index (χ0) is 14.4. The highest BCUT2D eigenvalue weighted by atomic mass is 16.3. The molecule has 1 rings (SSSR count). The minimum Gasteiger partial charge on any atom is -0.392 e. The Kier molecular flexibility index (Phi) is 6.93. The van der Waals surface area contributed by atoms with Crippen molar-refractivity contribution in [3.05, 3.63) is 0 Å². The number of aliphatic hydroxyl groups is 2. The molecule has 5 nitrogen and oxygen atoms in total. The van der Waals surface area contributed by atoms with Crippen LogP contribution in [0.15, 0.2) is 0 Å². The molecule has 0 radical (unpaired) electrons. The second kappa shape index (κ2) is 7.94. The molecule has 1 saturated carbocycles. The van der Waals surface area contributed by atoms with E-state index in [2.05, 4.69) is 5.32 Å². The maximum atomic E-state index is 11.6. The van der Waals surface area contributed by atoms with E-state index in [0.29, 0.717) is 18.9 Å². The van der Waals surface area contributed by atoms with Crippen molar-refractivity contribution in [2.45, 2.75) is 70.2 Å². The van der Waals surface area contributed by atoms with Gasteiger partial charge in [0.05, 0.1) is 18.2 Å². The molecular formula is C14H28N2O3. The molecule has 0 aromatic rings. The summed E-state index contributed by atoms with van der Waals surface area (Å²) < 4.78 is 0. The Morgan fingerprint density at radius 1 is 1.32 bits per heavy atom. The Labute approximate surface area is 115 Å². The van der Waals surface area contributed by atoms with Crippen LogP contribution < -0.4 is 11.1 Å². The van der Waals surface area contributed by atoms with E-state index in [0.717, 1.165) is 13.0 Å². The molecule has 4 unspecified atom stereocenters. The third-order valence-corrected chi connectivity index (χ3v) is 3.89. The van der Waals surface area contributed by atoms with Gasteiger partial charge in [0, 0.05) is 12.0 Å². The molecule has 112 valence electrons. The summed E-state index contributed by atoms with van der Waals surface area (Å²) in [5, 5.41) is 22.5. The van der Waals surface area contributed by atoms with Crippen LogP contribution in [0, 0.1) is 5.92 Å². The van der Waals surface area contributed by atoms with Gasteiger partial charge in [-0.1, -0.05) is 0 Å². The monoisotopic (exact) mass is 272 g/mol. The van der Waals surface area contributed by atoms with Crippen LogP contribution >= 0.6 is 0 Å². The van der Waals surface area contributed by atoms with Gasteiger partial charge in [0.1, 0.15) is 5.78 Å². The molecule has 0 bridgehead atoms. The molecule has 0 spiro atoms. The molecule has 5 heteroatoms. The van der Waals surface area contributed by atoms with E-state index in [-0.39, 0.29) is 11.7 Å². The Morgan fingerprint density at radius 3 is 2.42 bits per heavy atom. The van der Waals surface area contributed by atoms with Gasteiger partial charge in [-0.3, -0.25) is 4.79 Å². The highest BCUT2D eigenvalue weighted by molar-refractivity contribution is 5.78. The first-order valence-electron chi connectivity index (χ1n) is 7.27. The lowest BCUT2D eigenvalue weighted by Gasteiger charge is -2.23. The SMILES string of the molecule is CC(=O)C(CCNC1CC1)CCC(O)C(N)C(C)O. The van der Waals surface area contributed by atoms with Crippen molar-refractivity contribution in [3.63, 3.8) is 0 Å². The van der Waals surface area contributed by atoms with Crippen LogP contribution in [0.1, 0.15) is 46.0 Å². The third kappa shape index (κ3) is 6.47. The Morgan fingerprint density at radius 2 is 1.95 bits per heavy atom. The van der Waals surface area contributed by atoms with Gasteiger partial charge in [-0.15, -0.1) is 0 Å². The van der Waals surface area contributed by atoms with E-state index in [9.17, 15) is 15.0 Å². The lowest BCUT2D eigenvalue weighted by Crippen LogP contribution is -2.43. The highest BCUT2D eigenvalue weighted by Gasteiger charge is 2.24. The van der Waals surface area contributed by atoms with Gasteiger partial charge in [0.25, 0.3) is 0 Å². The number of aliphatic hydroxyl groups excluding tert-OH is 2. The quantitative estimate of drug-likeness (QED) is 0.455. The maximum Gasteiger partial charge on any atom is 0.132 e. The maximum absolute atomic E-state index is 11.6. The molecular weight excluding hydrogens is 244 g/mol. The topological polar surface area (TPSA) is 95.6 Å². The normalized spacial score (nSPS) is 21.7. The number of hydrogen-bond acceptors (Lipinski definition) is 5. The minimum absolute atomic E-state index is 0.0258. The fourth-order valence-electron chi connectivity index (χ4n) is 2.19. The number of nitrogens with two attached hydrogens (primary N) is 1. The molecule has 0 aromatic carbocycles. The summed E-state index contributed by atoms with van der Waals surface area (Å²) >= 11 is 0. The van der Waals surface area contributed by atoms with Gasteiger partial charge in [0.15, 0.2) is 0 Å². The van der Waals surface area contributed by atoms with E-state index in [1.807, 2.05) is 0 Å². The van der Waals surface area contributed by atoms with Crippen molar-refractivity contribution in [2.24, 2.45) is 11.7 Å². The van der Waals surface area contributed by atoms with Crippen molar-refractivity contribution in [1.82, 2.24) is 5.32 Å². The van der Waals surface area contributed by atoms with Gasteiger partial charge in [-0.2, -0.15) is 0 Å². The molecule has 0 amide bonds. The van der Waals surface area contributed by atoms with E-state index < -0.39 is 18.2 Å². The molecule has 1 fully saturated rings. The van der Waals surface area contributed by atoms with Crippen LogP contribution in [0.5, 0.6) is 0 Å². The fourth-order valence-corrected chi connectivity index (χ4v) is 2.19. The second-order valence-electron chi connectivity index (χ2n) is 5.79. The van der Waals surface area contributed by atoms with Gasteiger partial charge >= 0.3 is 0 Å². The Bertz CT molecular complexity index is 280. The first-order valence-corrected chi connectivity index (χ1v) is 7.27. The molecule has 4 atom stereocenters. The summed E-state index contributed by atoms with van der Waals surface area (Å²) in [5.74, 6) is 0.137. The predicted molar refractivity (Wildman–Crippen MR) is 74.7 cm³/mol. The second-order valence-corrected chi connectivity index (χ2v) is 5.79. The number of nitrogens with one attached hydrogen (secondary N) is 1. The Hall–Kier alpha value is -0.490. The number of Topliss-reactive ketones (excluding diaryl/α,β-unsaturated/α-hetero) is 1. The van der Waals surface area contributed by atoms with Gasteiger partial charge in [-0.05, 0) is 52.5 Å². The molecule has 0 aromatic heterocycles. The van der Waals surface area contributed by atoms with Crippen molar-refractivity contribution in [1.29, 1.82) is 0 Å². The van der Waals surface area contributed by atoms with Gasteiger partial charge < -0.3 is 21.3 Å². The molecule has 19 heavy (non-hydrogen) atoms. The third-order valence-electron chi connectivity index (χ3n) is 3.89. The van der Waals surface area contributed by atoms with Crippen molar-refractivity contribution in [2.75, 3.05) is 6.54 Å². The number of carbonyl (C=O) groups is 1. The zero-order valence-corrected chi connectivity index (χ0v) is 12.0.